The Kier molecular flexibility index (Phi) is 11.6. The van der Waals surface area contributed by atoms with Crippen molar-refractivity contribution in [1.29, 1.82) is 0 Å². The van der Waals surface area contributed by atoms with E-state index in [1.54, 1.807) is 31.1 Å². The van der Waals surface area contributed by atoms with Gasteiger partial charge < -0.3 is 24.6 Å². The second-order valence-electron chi connectivity index (χ2n) is 14.3. The maximum absolute atomic E-state index is 16.5. The number of hydrogen-bond acceptors (Lipinski definition) is 5. The van der Waals surface area contributed by atoms with Gasteiger partial charge in [0.15, 0.2) is 0 Å². The zero-order chi connectivity index (χ0) is 37.2. The summed E-state index contributed by atoms with van der Waals surface area (Å²) in [6.45, 7) is 6.63. The van der Waals surface area contributed by atoms with E-state index in [2.05, 4.69) is 5.32 Å². The normalized spacial score (nSPS) is 19.0. The number of carboxylic acids is 1. The van der Waals surface area contributed by atoms with E-state index in [0.717, 1.165) is 52.3 Å². The summed E-state index contributed by atoms with van der Waals surface area (Å²) in [5.41, 5.74) is 2.65. The first-order valence-corrected chi connectivity index (χ1v) is 17.6. The van der Waals surface area contributed by atoms with Gasteiger partial charge in [-0.15, -0.1) is 0 Å². The highest BCUT2D eigenvalue weighted by Crippen LogP contribution is 2.46. The van der Waals surface area contributed by atoms with Gasteiger partial charge in [0.2, 0.25) is 5.91 Å². The third-order valence-electron chi connectivity index (χ3n) is 10.2. The largest absolute Gasteiger partial charge is 0.493 e. The first kappa shape index (κ1) is 38.1. The molecular formula is C39H47F4N3O5. The molecule has 5 rings (SSSR count). The lowest BCUT2D eigenvalue weighted by molar-refractivity contribution is -0.139. The third-order valence-corrected chi connectivity index (χ3v) is 10.2. The number of alkyl halides is 3. The number of aromatic nitrogens is 1. The van der Waals surface area contributed by atoms with Crippen LogP contribution in [0, 0.1) is 26.6 Å². The second kappa shape index (κ2) is 15.6. The van der Waals surface area contributed by atoms with E-state index >= 15 is 4.39 Å². The molecule has 51 heavy (non-hydrogen) atoms. The maximum Gasteiger partial charge on any atom is 0.416 e. The molecule has 2 aromatic carbocycles. The van der Waals surface area contributed by atoms with Gasteiger partial charge in [0, 0.05) is 29.9 Å². The molecule has 1 aliphatic heterocycles. The fraction of sp³-hybridized carbons (Fsp3) is 0.513. The Bertz CT molecular complexity index is 1850. The van der Waals surface area contributed by atoms with E-state index in [-0.39, 0.29) is 36.4 Å². The number of carbonyl (C=O) groups excluding carboxylic acids is 1. The van der Waals surface area contributed by atoms with Crippen molar-refractivity contribution in [2.45, 2.75) is 103 Å². The predicted molar refractivity (Wildman–Crippen MR) is 187 cm³/mol. The van der Waals surface area contributed by atoms with Gasteiger partial charge in [-0.05, 0) is 124 Å². The molecule has 2 bridgehead atoms. The lowest BCUT2D eigenvalue weighted by Gasteiger charge is -2.27. The fourth-order valence-electron chi connectivity index (χ4n) is 6.97. The van der Waals surface area contributed by atoms with Gasteiger partial charge in [-0.2, -0.15) is 13.2 Å². The van der Waals surface area contributed by atoms with Crippen LogP contribution in [0.15, 0.2) is 35.3 Å². The molecular weight excluding hydrogens is 666 g/mol. The zero-order valence-corrected chi connectivity index (χ0v) is 29.9. The van der Waals surface area contributed by atoms with Crippen LogP contribution in [0.2, 0.25) is 0 Å². The average molecular weight is 714 g/mol. The molecule has 2 aliphatic rings. The van der Waals surface area contributed by atoms with Crippen molar-refractivity contribution >= 4 is 11.9 Å². The van der Waals surface area contributed by atoms with Gasteiger partial charge in [0.1, 0.15) is 17.6 Å². The molecule has 1 amide bonds. The van der Waals surface area contributed by atoms with Gasteiger partial charge in [-0.25, -0.2) is 4.39 Å². The Morgan fingerprint density at radius 1 is 0.980 bits per heavy atom. The minimum atomic E-state index is -4.78. The number of ether oxygens (including phenoxy) is 1. The Labute approximate surface area is 295 Å². The molecule has 8 nitrogen and oxygen atoms in total. The highest BCUT2D eigenvalue weighted by atomic mass is 19.4. The summed E-state index contributed by atoms with van der Waals surface area (Å²) in [7, 11) is 3.44. The number of aliphatic carboxylic acids is 1. The summed E-state index contributed by atoms with van der Waals surface area (Å²) in [5, 5.41) is 12.7. The van der Waals surface area contributed by atoms with Crippen LogP contribution in [0.3, 0.4) is 0 Å². The first-order chi connectivity index (χ1) is 24.1. The number of amides is 1. The summed E-state index contributed by atoms with van der Waals surface area (Å²) >= 11 is 0. The molecule has 276 valence electrons. The number of carbonyl (C=O) groups is 2. The number of carboxylic acid groups (broad SMARTS) is 1. The van der Waals surface area contributed by atoms with Gasteiger partial charge in [-0.3, -0.25) is 14.4 Å². The van der Waals surface area contributed by atoms with Gasteiger partial charge in [0.25, 0.3) is 5.56 Å². The molecule has 0 spiro atoms. The summed E-state index contributed by atoms with van der Waals surface area (Å²) in [4.78, 5) is 41.6. The molecule has 0 unspecified atom stereocenters. The number of benzene rings is 2. The molecule has 0 radical (unpaired) electrons. The van der Waals surface area contributed by atoms with Crippen molar-refractivity contribution in [3.63, 3.8) is 0 Å². The van der Waals surface area contributed by atoms with Crippen LogP contribution in [0.5, 0.6) is 5.75 Å². The monoisotopic (exact) mass is 713 g/mol. The Morgan fingerprint density at radius 3 is 2.31 bits per heavy atom. The average Bonchev–Trinajstić information content (AvgIpc) is 3.89. The summed E-state index contributed by atoms with van der Waals surface area (Å²) in [5.74, 6) is -2.07. The number of hydrogen-bond donors (Lipinski definition) is 2. The van der Waals surface area contributed by atoms with Crippen molar-refractivity contribution in [3.8, 4) is 16.9 Å². The maximum atomic E-state index is 16.5. The Morgan fingerprint density at radius 2 is 1.67 bits per heavy atom. The van der Waals surface area contributed by atoms with Crippen molar-refractivity contribution in [3.05, 3.63) is 85.6 Å². The number of nitrogens with one attached hydrogen (secondary N) is 1. The van der Waals surface area contributed by atoms with Crippen molar-refractivity contribution in [1.82, 2.24) is 14.8 Å². The minimum absolute atomic E-state index is 0.00832. The van der Waals surface area contributed by atoms with Gasteiger partial charge in [0.05, 0.1) is 24.6 Å². The highest BCUT2D eigenvalue weighted by Gasteiger charge is 2.36. The minimum Gasteiger partial charge on any atom is -0.493 e. The van der Waals surface area contributed by atoms with Crippen molar-refractivity contribution in [2.75, 3.05) is 27.2 Å². The Balaban J connectivity index is 1.67. The number of likely N-dealkylation sites (N-methyl/N-ethyl adjacent to an activating group) is 1. The summed E-state index contributed by atoms with van der Waals surface area (Å²) in [6.07, 6.45) is -0.217. The first-order valence-electron chi connectivity index (χ1n) is 17.6. The number of rotatable bonds is 7. The Hall–Kier alpha value is -4.19. The lowest BCUT2D eigenvalue weighted by atomic mass is 9.88. The molecule has 2 N–H and O–H groups in total. The van der Waals surface area contributed by atoms with Crippen molar-refractivity contribution < 1.29 is 37.0 Å². The number of fused-ring (bicyclic) bond motifs is 4. The van der Waals surface area contributed by atoms with Crippen LogP contribution in [-0.2, 0) is 22.2 Å². The number of pyridine rings is 1. The van der Waals surface area contributed by atoms with Crippen molar-refractivity contribution in [2.24, 2.45) is 0 Å². The molecule has 2 heterocycles. The predicted octanol–water partition coefficient (Wildman–Crippen LogP) is 7.80. The molecule has 2 atom stereocenters. The smallest absolute Gasteiger partial charge is 0.416 e. The summed E-state index contributed by atoms with van der Waals surface area (Å²) in [6, 6.07) is 3.26. The highest BCUT2D eigenvalue weighted by molar-refractivity contribution is 5.82. The topological polar surface area (TPSA) is 101 Å². The van der Waals surface area contributed by atoms with E-state index in [1.165, 1.54) is 0 Å². The van der Waals surface area contributed by atoms with Gasteiger partial charge >= 0.3 is 12.1 Å². The van der Waals surface area contributed by atoms with Crippen LogP contribution < -0.4 is 15.6 Å². The van der Waals surface area contributed by atoms with Crippen LogP contribution >= 0.6 is 0 Å². The van der Waals surface area contributed by atoms with E-state index in [0.29, 0.717) is 48.8 Å². The summed E-state index contributed by atoms with van der Waals surface area (Å²) < 4.78 is 66.1. The van der Waals surface area contributed by atoms with E-state index in [4.69, 9.17) is 4.74 Å². The molecule has 1 saturated carbocycles. The van der Waals surface area contributed by atoms with Gasteiger partial charge in [-0.1, -0.05) is 19.3 Å². The zero-order valence-electron chi connectivity index (χ0n) is 29.9. The molecule has 1 aliphatic carbocycles. The number of nitrogens with zero attached hydrogens (tertiary/aromatic N) is 2. The molecule has 1 fully saturated rings. The van der Waals surface area contributed by atoms with Crippen LogP contribution in [0.4, 0.5) is 17.6 Å². The standard InChI is InChI=1S/C39H47F4N3O5/c1-22-16-33-36(24(3)23(22)2)27-17-28(25-11-12-25)37(40)29(18-27)31(20-35(48)49)44-38(50)32(10-8-6-7-9-15-51-33)46-21-26(13-14-45(4)5)30(19-34(46)47)39(41,42)43/h16-19,21,25,31-32H,6-15,20H2,1-5H3,(H,44,50)(H,48,49)/t31-,32-/m0/s1. The molecule has 1 aromatic heterocycles. The van der Waals surface area contributed by atoms with Crippen LogP contribution in [0.25, 0.3) is 11.1 Å². The SMILES string of the molecule is Cc1cc2c(c(C)c1C)-c1cc(C3CC3)c(F)c(c1)[C@H](CC(=O)O)NC(=O)[C@@H](n1cc(CCN(C)C)c(C(F)(F)F)cc1=O)CCCCCCO2. The number of aryl methyl sites for hydroxylation is 1. The molecule has 3 aromatic rings. The van der Waals surface area contributed by atoms with E-state index in [1.807, 2.05) is 26.8 Å². The third kappa shape index (κ3) is 8.83. The second-order valence-corrected chi connectivity index (χ2v) is 14.3. The fourth-order valence-corrected chi connectivity index (χ4v) is 6.97. The van der Waals surface area contributed by atoms with E-state index < -0.39 is 53.5 Å². The van der Waals surface area contributed by atoms with Crippen LogP contribution in [0.1, 0.15) is 108 Å². The van der Waals surface area contributed by atoms with E-state index in [9.17, 15) is 32.7 Å². The quantitative estimate of drug-likeness (QED) is 0.243. The number of halogens is 4. The molecule has 0 saturated heterocycles. The lowest BCUT2D eigenvalue weighted by Crippen LogP contribution is -2.40. The van der Waals surface area contributed by atoms with Crippen LogP contribution in [-0.4, -0.2) is 53.7 Å². The molecule has 12 heteroatoms.